The molecule has 0 amide bonds. The standard InChI is InChI=1S/C18H20BrFN6/c1-2-4-25-5-3-11(9-25)26-10-13(12-6-16(19)22-8-15(12)26)17-14(20)7-23-18(21)24-17/h6-8,10-11H,2-5,9H2,1H3,(H2,21,23,24). The molecule has 0 aliphatic carbocycles. The average Bonchev–Trinajstić information content (AvgIpc) is 3.21. The van der Waals surface area contributed by atoms with Crippen LogP contribution in [0.3, 0.4) is 0 Å². The highest BCUT2D eigenvalue weighted by Gasteiger charge is 2.26. The number of rotatable bonds is 4. The van der Waals surface area contributed by atoms with Gasteiger partial charge in [0.2, 0.25) is 5.95 Å². The van der Waals surface area contributed by atoms with Crippen molar-refractivity contribution < 1.29 is 4.39 Å². The summed E-state index contributed by atoms with van der Waals surface area (Å²) in [5.74, 6) is -0.421. The van der Waals surface area contributed by atoms with Crippen molar-refractivity contribution in [1.29, 1.82) is 0 Å². The van der Waals surface area contributed by atoms with Gasteiger partial charge in [0.1, 0.15) is 10.3 Å². The zero-order chi connectivity index (χ0) is 18.3. The number of aromatic nitrogens is 4. The van der Waals surface area contributed by atoms with E-state index in [0.717, 1.165) is 49.6 Å². The maximum absolute atomic E-state index is 14.4. The van der Waals surface area contributed by atoms with Crippen LogP contribution in [0, 0.1) is 5.82 Å². The Labute approximate surface area is 159 Å². The lowest BCUT2D eigenvalue weighted by Crippen LogP contribution is -2.22. The van der Waals surface area contributed by atoms with Gasteiger partial charge in [0.05, 0.1) is 17.9 Å². The number of nitrogen functional groups attached to an aromatic ring is 1. The van der Waals surface area contributed by atoms with Crippen LogP contribution in [0.15, 0.2) is 29.3 Å². The SMILES string of the molecule is CCCN1CCC(n2cc(-c3nc(N)ncc3F)c3cc(Br)ncc32)C1. The summed E-state index contributed by atoms with van der Waals surface area (Å²) < 4.78 is 17.3. The Hall–Kier alpha value is -2.06. The molecule has 0 saturated carbocycles. The zero-order valence-corrected chi connectivity index (χ0v) is 16.1. The van der Waals surface area contributed by atoms with E-state index in [1.165, 1.54) is 0 Å². The van der Waals surface area contributed by atoms with Crippen molar-refractivity contribution in [2.75, 3.05) is 25.4 Å². The molecule has 0 aromatic carbocycles. The molecule has 1 unspecified atom stereocenters. The Morgan fingerprint density at radius 1 is 1.35 bits per heavy atom. The molecule has 1 aliphatic rings. The summed E-state index contributed by atoms with van der Waals surface area (Å²) in [5, 5.41) is 0.901. The van der Waals surface area contributed by atoms with Crippen LogP contribution >= 0.6 is 15.9 Å². The fourth-order valence-corrected chi connectivity index (χ4v) is 4.07. The van der Waals surface area contributed by atoms with Crippen molar-refractivity contribution >= 4 is 32.8 Å². The third kappa shape index (κ3) is 3.07. The normalized spacial score (nSPS) is 18.0. The Balaban J connectivity index is 1.84. The third-order valence-corrected chi connectivity index (χ3v) is 5.32. The predicted molar refractivity (Wildman–Crippen MR) is 103 cm³/mol. The lowest BCUT2D eigenvalue weighted by atomic mass is 10.1. The van der Waals surface area contributed by atoms with E-state index >= 15 is 0 Å². The molecule has 0 radical (unpaired) electrons. The fourth-order valence-electron chi connectivity index (χ4n) is 3.74. The zero-order valence-electron chi connectivity index (χ0n) is 14.5. The number of hydrogen-bond donors (Lipinski definition) is 1. The second kappa shape index (κ2) is 6.92. The van der Waals surface area contributed by atoms with Gasteiger partial charge >= 0.3 is 0 Å². The van der Waals surface area contributed by atoms with Gasteiger partial charge in [-0.05, 0) is 41.4 Å². The highest BCUT2D eigenvalue weighted by atomic mass is 79.9. The summed E-state index contributed by atoms with van der Waals surface area (Å²) in [6.07, 6.45) is 7.13. The van der Waals surface area contributed by atoms with E-state index in [-0.39, 0.29) is 11.6 Å². The van der Waals surface area contributed by atoms with Crippen LogP contribution in [0.2, 0.25) is 0 Å². The van der Waals surface area contributed by atoms with Crippen LogP contribution < -0.4 is 5.73 Å². The van der Waals surface area contributed by atoms with Gasteiger partial charge in [-0.3, -0.25) is 0 Å². The molecule has 3 aromatic heterocycles. The molecule has 4 rings (SSSR count). The summed E-state index contributed by atoms with van der Waals surface area (Å²) in [6.45, 7) is 5.36. The van der Waals surface area contributed by atoms with E-state index in [2.05, 4.69) is 47.3 Å². The van der Waals surface area contributed by atoms with E-state index < -0.39 is 5.82 Å². The number of hydrogen-bond acceptors (Lipinski definition) is 5. The topological polar surface area (TPSA) is 72.9 Å². The first-order chi connectivity index (χ1) is 12.6. The van der Waals surface area contributed by atoms with Crippen molar-refractivity contribution in [3.05, 3.63) is 35.1 Å². The largest absolute Gasteiger partial charge is 0.368 e. The lowest BCUT2D eigenvalue weighted by molar-refractivity contribution is 0.325. The van der Waals surface area contributed by atoms with Crippen LogP contribution in [0.5, 0.6) is 0 Å². The van der Waals surface area contributed by atoms with Gasteiger partial charge in [0.25, 0.3) is 0 Å². The van der Waals surface area contributed by atoms with Crippen LogP contribution in [0.4, 0.5) is 10.3 Å². The molecule has 4 heterocycles. The third-order valence-electron chi connectivity index (χ3n) is 4.88. The molecule has 1 atom stereocenters. The van der Waals surface area contributed by atoms with Crippen LogP contribution in [0.1, 0.15) is 25.8 Å². The van der Waals surface area contributed by atoms with Gasteiger partial charge in [0, 0.05) is 36.3 Å². The summed E-state index contributed by atoms with van der Waals surface area (Å²) in [7, 11) is 0. The second-order valence-corrected chi connectivity index (χ2v) is 7.45. The first kappa shape index (κ1) is 17.4. The predicted octanol–water partition coefficient (Wildman–Crippen LogP) is 3.63. The van der Waals surface area contributed by atoms with E-state index in [1.807, 2.05) is 18.5 Å². The molecular weight excluding hydrogens is 399 g/mol. The molecule has 1 aliphatic heterocycles. The Morgan fingerprint density at radius 3 is 3.00 bits per heavy atom. The number of nitrogens with zero attached hydrogens (tertiary/aromatic N) is 5. The van der Waals surface area contributed by atoms with E-state index in [1.54, 1.807) is 0 Å². The molecule has 3 aromatic rings. The number of likely N-dealkylation sites (tertiary alicyclic amines) is 1. The van der Waals surface area contributed by atoms with Crippen LogP contribution in [-0.2, 0) is 0 Å². The molecule has 8 heteroatoms. The first-order valence-corrected chi connectivity index (χ1v) is 9.53. The van der Waals surface area contributed by atoms with Crippen molar-refractivity contribution in [2.45, 2.75) is 25.8 Å². The number of fused-ring (bicyclic) bond motifs is 1. The van der Waals surface area contributed by atoms with Gasteiger partial charge in [0.15, 0.2) is 5.82 Å². The molecule has 0 bridgehead atoms. The Morgan fingerprint density at radius 2 is 2.19 bits per heavy atom. The smallest absolute Gasteiger partial charge is 0.220 e. The number of pyridine rings is 1. The van der Waals surface area contributed by atoms with Gasteiger partial charge < -0.3 is 15.2 Å². The van der Waals surface area contributed by atoms with Gasteiger partial charge in [-0.25, -0.2) is 19.3 Å². The summed E-state index contributed by atoms with van der Waals surface area (Å²) in [4.78, 5) is 14.7. The van der Waals surface area contributed by atoms with E-state index in [9.17, 15) is 4.39 Å². The molecule has 2 N–H and O–H groups in total. The van der Waals surface area contributed by atoms with Crippen molar-refractivity contribution in [1.82, 2.24) is 24.4 Å². The minimum Gasteiger partial charge on any atom is -0.368 e. The van der Waals surface area contributed by atoms with Crippen molar-refractivity contribution in [3.63, 3.8) is 0 Å². The van der Waals surface area contributed by atoms with Gasteiger partial charge in [-0.1, -0.05) is 6.92 Å². The quantitative estimate of drug-likeness (QED) is 0.654. The van der Waals surface area contributed by atoms with Crippen LogP contribution in [-0.4, -0.2) is 44.1 Å². The average molecular weight is 419 g/mol. The highest BCUT2D eigenvalue weighted by molar-refractivity contribution is 9.10. The molecule has 0 spiro atoms. The molecule has 1 fully saturated rings. The molecular formula is C18H20BrFN6. The molecule has 136 valence electrons. The monoisotopic (exact) mass is 418 g/mol. The van der Waals surface area contributed by atoms with Gasteiger partial charge in [-0.15, -0.1) is 0 Å². The summed E-state index contributed by atoms with van der Waals surface area (Å²) >= 11 is 3.42. The summed E-state index contributed by atoms with van der Waals surface area (Å²) in [6, 6.07) is 2.24. The minimum atomic E-state index is -0.481. The van der Waals surface area contributed by atoms with Crippen LogP contribution in [0.25, 0.3) is 22.2 Å². The number of nitrogens with two attached hydrogens (primary N) is 1. The number of halogens is 2. The molecule has 6 nitrogen and oxygen atoms in total. The molecule has 26 heavy (non-hydrogen) atoms. The van der Waals surface area contributed by atoms with Gasteiger partial charge in [-0.2, -0.15) is 0 Å². The minimum absolute atomic E-state index is 0.0606. The molecule has 1 saturated heterocycles. The fraction of sp³-hybridized carbons (Fsp3) is 0.389. The summed E-state index contributed by atoms with van der Waals surface area (Å²) in [5.41, 5.74) is 7.61. The first-order valence-electron chi connectivity index (χ1n) is 8.73. The Kier molecular flexibility index (Phi) is 4.62. The van der Waals surface area contributed by atoms with E-state index in [4.69, 9.17) is 5.73 Å². The second-order valence-electron chi connectivity index (χ2n) is 6.64. The lowest BCUT2D eigenvalue weighted by Gasteiger charge is -2.16. The number of anilines is 1. The van der Waals surface area contributed by atoms with Crippen molar-refractivity contribution in [2.24, 2.45) is 0 Å². The van der Waals surface area contributed by atoms with Crippen molar-refractivity contribution in [3.8, 4) is 11.3 Å². The van der Waals surface area contributed by atoms with E-state index in [0.29, 0.717) is 16.2 Å². The maximum Gasteiger partial charge on any atom is 0.220 e. The maximum atomic E-state index is 14.4. The highest BCUT2D eigenvalue weighted by Crippen LogP contribution is 2.36. The Bertz CT molecular complexity index is 956.